The Morgan fingerprint density at radius 3 is 2.74 bits per heavy atom. The third-order valence-electron chi connectivity index (χ3n) is 2.16. The van der Waals surface area contributed by atoms with E-state index in [1.54, 1.807) is 6.92 Å². The van der Waals surface area contributed by atoms with E-state index >= 15 is 0 Å². The highest BCUT2D eigenvalue weighted by Crippen LogP contribution is 2.28. The number of halogens is 2. The zero-order chi connectivity index (χ0) is 14.4. The van der Waals surface area contributed by atoms with Crippen molar-refractivity contribution in [2.45, 2.75) is 24.9 Å². The van der Waals surface area contributed by atoms with Gasteiger partial charge in [0, 0.05) is 10.5 Å². The number of carbonyl (C=O) groups excluding carboxylic acids is 1. The molecule has 4 nitrogen and oxygen atoms in total. The fraction of sp³-hybridized carbons (Fsp3) is 0.333. The highest BCUT2D eigenvalue weighted by molar-refractivity contribution is 7.80. The van der Waals surface area contributed by atoms with Gasteiger partial charge in [-0.15, -0.1) is 12.6 Å². The molecule has 0 unspecified atom stereocenters. The maximum Gasteiger partial charge on any atom is 0.387 e. The maximum atomic E-state index is 12.3. The topological polar surface area (TPSA) is 59.3 Å². The molecule has 0 aliphatic rings. The van der Waals surface area contributed by atoms with Gasteiger partial charge in [-0.2, -0.15) is 14.0 Å². The first-order valence-electron chi connectivity index (χ1n) is 5.34. The van der Waals surface area contributed by atoms with E-state index in [0.717, 1.165) is 0 Å². The summed E-state index contributed by atoms with van der Waals surface area (Å²) in [5.41, 5.74) is 0.121. The number of hydrogen-bond donors (Lipinski definition) is 1. The molecule has 0 saturated carbocycles. The van der Waals surface area contributed by atoms with Gasteiger partial charge in [-0.25, -0.2) is 0 Å². The fourth-order valence-electron chi connectivity index (χ4n) is 1.47. The predicted molar refractivity (Wildman–Crippen MR) is 65.4 cm³/mol. The zero-order valence-electron chi connectivity index (χ0n) is 10.0. The third-order valence-corrected chi connectivity index (χ3v) is 2.41. The number of nitriles is 1. The quantitative estimate of drug-likeness (QED) is 0.668. The van der Waals surface area contributed by atoms with E-state index in [4.69, 9.17) is 10.00 Å². The second-order valence-electron chi connectivity index (χ2n) is 3.44. The van der Waals surface area contributed by atoms with Crippen LogP contribution in [-0.4, -0.2) is 19.2 Å². The number of nitrogens with zero attached hydrogens (tertiary/aromatic N) is 1. The Balaban J connectivity index is 3.17. The SMILES string of the molecule is CCOC(=O)Cc1c(C#N)cc(S)cc1OC(F)F. The lowest BCUT2D eigenvalue weighted by atomic mass is 10.0. The van der Waals surface area contributed by atoms with Crippen LogP contribution >= 0.6 is 12.6 Å². The van der Waals surface area contributed by atoms with Crippen LogP contribution in [0.1, 0.15) is 18.1 Å². The van der Waals surface area contributed by atoms with Crippen LogP contribution in [0.2, 0.25) is 0 Å². The first-order valence-corrected chi connectivity index (χ1v) is 5.79. The molecule has 0 saturated heterocycles. The minimum atomic E-state index is -3.05. The van der Waals surface area contributed by atoms with Crippen LogP contribution < -0.4 is 4.74 Å². The molecule has 19 heavy (non-hydrogen) atoms. The van der Waals surface area contributed by atoms with Crippen molar-refractivity contribution in [1.82, 2.24) is 0 Å². The van der Waals surface area contributed by atoms with E-state index in [-0.39, 0.29) is 29.9 Å². The molecule has 0 spiro atoms. The number of alkyl halides is 2. The van der Waals surface area contributed by atoms with Gasteiger partial charge in [0.05, 0.1) is 24.7 Å². The number of benzene rings is 1. The van der Waals surface area contributed by atoms with Gasteiger partial charge in [0.1, 0.15) is 5.75 Å². The lowest BCUT2D eigenvalue weighted by molar-refractivity contribution is -0.142. The molecule has 0 bridgehead atoms. The molecule has 1 rings (SSSR count). The first-order chi connectivity index (χ1) is 8.97. The molecule has 0 aromatic heterocycles. The van der Waals surface area contributed by atoms with Gasteiger partial charge >= 0.3 is 12.6 Å². The smallest absolute Gasteiger partial charge is 0.387 e. The van der Waals surface area contributed by atoms with E-state index in [0.29, 0.717) is 4.90 Å². The van der Waals surface area contributed by atoms with Crippen molar-refractivity contribution in [3.8, 4) is 11.8 Å². The average molecular weight is 287 g/mol. The average Bonchev–Trinajstić information content (AvgIpc) is 2.31. The Labute approximate surface area is 114 Å². The molecular weight excluding hydrogens is 276 g/mol. The molecule has 102 valence electrons. The van der Waals surface area contributed by atoms with Crippen LogP contribution in [0.4, 0.5) is 8.78 Å². The van der Waals surface area contributed by atoms with Gasteiger partial charge in [0.25, 0.3) is 0 Å². The van der Waals surface area contributed by atoms with E-state index in [2.05, 4.69) is 17.4 Å². The van der Waals surface area contributed by atoms with Crippen molar-refractivity contribution >= 4 is 18.6 Å². The van der Waals surface area contributed by atoms with E-state index in [1.807, 2.05) is 6.07 Å². The summed E-state index contributed by atoms with van der Waals surface area (Å²) >= 11 is 3.99. The maximum absolute atomic E-state index is 12.3. The van der Waals surface area contributed by atoms with Gasteiger partial charge in [0.2, 0.25) is 0 Å². The minimum Gasteiger partial charge on any atom is -0.466 e. The highest BCUT2D eigenvalue weighted by atomic mass is 32.1. The van der Waals surface area contributed by atoms with Crippen molar-refractivity contribution in [2.75, 3.05) is 6.61 Å². The van der Waals surface area contributed by atoms with Crippen LogP contribution in [0.25, 0.3) is 0 Å². The molecular formula is C12H11F2NO3S. The minimum absolute atomic E-state index is 0.0520. The Morgan fingerprint density at radius 2 is 2.21 bits per heavy atom. The van der Waals surface area contributed by atoms with E-state index in [1.165, 1.54) is 12.1 Å². The number of ether oxygens (including phenoxy) is 2. The van der Waals surface area contributed by atoms with Crippen molar-refractivity contribution in [1.29, 1.82) is 5.26 Å². The van der Waals surface area contributed by atoms with Crippen molar-refractivity contribution in [2.24, 2.45) is 0 Å². The van der Waals surface area contributed by atoms with Gasteiger partial charge in [-0.1, -0.05) is 0 Å². The molecule has 1 aromatic rings. The summed E-state index contributed by atoms with van der Waals surface area (Å²) in [5.74, 6) is -0.864. The van der Waals surface area contributed by atoms with Gasteiger partial charge in [-0.3, -0.25) is 4.79 Å². The van der Waals surface area contributed by atoms with Crippen LogP contribution in [0.3, 0.4) is 0 Å². The summed E-state index contributed by atoms with van der Waals surface area (Å²) in [6.07, 6.45) is -0.313. The summed E-state index contributed by atoms with van der Waals surface area (Å²) in [7, 11) is 0. The lowest BCUT2D eigenvalue weighted by Gasteiger charge is -2.12. The molecule has 7 heteroatoms. The number of thiol groups is 1. The standard InChI is InChI=1S/C12H11F2NO3S/c1-2-17-11(16)5-9-7(6-15)3-8(19)4-10(9)18-12(13)14/h3-4,12,19H,2,5H2,1H3. The second-order valence-corrected chi connectivity index (χ2v) is 3.96. The molecule has 0 atom stereocenters. The number of rotatable bonds is 5. The zero-order valence-corrected chi connectivity index (χ0v) is 10.9. The second kappa shape index (κ2) is 6.95. The van der Waals surface area contributed by atoms with Gasteiger partial charge < -0.3 is 9.47 Å². The van der Waals surface area contributed by atoms with Crippen molar-refractivity contribution < 1.29 is 23.0 Å². The molecule has 0 amide bonds. The summed E-state index contributed by atoms with van der Waals surface area (Å²) in [5, 5.41) is 8.97. The molecule has 0 aliphatic heterocycles. The summed E-state index contributed by atoms with van der Waals surface area (Å²) in [6.45, 7) is -1.27. The molecule has 0 heterocycles. The Bertz CT molecular complexity index is 514. The van der Waals surface area contributed by atoms with Gasteiger partial charge in [-0.05, 0) is 19.1 Å². The van der Waals surface area contributed by atoms with Crippen LogP contribution in [0.5, 0.6) is 5.75 Å². The summed E-state index contributed by atoms with van der Waals surface area (Å²) < 4.78 is 33.6. The summed E-state index contributed by atoms with van der Waals surface area (Å²) in [6, 6.07) is 4.41. The number of esters is 1. The normalized spacial score (nSPS) is 10.1. The van der Waals surface area contributed by atoms with Crippen LogP contribution in [-0.2, 0) is 16.0 Å². The molecule has 1 aromatic carbocycles. The van der Waals surface area contributed by atoms with E-state index in [9.17, 15) is 13.6 Å². The largest absolute Gasteiger partial charge is 0.466 e. The number of carbonyl (C=O) groups is 1. The Morgan fingerprint density at radius 1 is 1.53 bits per heavy atom. The first kappa shape index (κ1) is 15.2. The molecule has 0 fully saturated rings. The molecule has 0 aliphatic carbocycles. The molecule has 0 N–H and O–H groups in total. The van der Waals surface area contributed by atoms with Crippen molar-refractivity contribution in [3.05, 3.63) is 23.3 Å². The Hall–Kier alpha value is -1.81. The van der Waals surface area contributed by atoms with Gasteiger partial charge in [0.15, 0.2) is 0 Å². The fourth-order valence-corrected chi connectivity index (χ4v) is 1.72. The Kier molecular flexibility index (Phi) is 5.57. The lowest BCUT2D eigenvalue weighted by Crippen LogP contribution is -2.12. The predicted octanol–water partition coefficient (Wildman–Crippen LogP) is 2.55. The van der Waals surface area contributed by atoms with Crippen molar-refractivity contribution in [3.63, 3.8) is 0 Å². The third kappa shape index (κ3) is 4.41. The van der Waals surface area contributed by atoms with Crippen LogP contribution in [0, 0.1) is 11.3 Å². The summed E-state index contributed by atoms with van der Waals surface area (Å²) in [4.78, 5) is 11.7. The number of hydrogen-bond acceptors (Lipinski definition) is 5. The monoisotopic (exact) mass is 287 g/mol. The van der Waals surface area contributed by atoms with Crippen LogP contribution in [0.15, 0.2) is 17.0 Å². The van der Waals surface area contributed by atoms with E-state index < -0.39 is 12.6 Å². The highest BCUT2D eigenvalue weighted by Gasteiger charge is 2.18. The molecule has 0 radical (unpaired) electrons.